The summed E-state index contributed by atoms with van der Waals surface area (Å²) in [6.07, 6.45) is 0.345. The first-order valence-corrected chi connectivity index (χ1v) is 4.45. The van der Waals surface area contributed by atoms with Crippen LogP contribution in [-0.4, -0.2) is 45.4 Å². The van der Waals surface area contributed by atoms with Crippen LogP contribution in [0.4, 0.5) is 0 Å². The minimum atomic E-state index is -1.71. The molecule has 0 aromatic rings. The number of aliphatic carboxylic acids is 2. The number of aliphatic hydroxyl groups is 1. The number of hydrogen-bond donors (Lipinski definition) is 5. The maximum Gasteiger partial charge on any atom is 0.326 e. The summed E-state index contributed by atoms with van der Waals surface area (Å²) >= 11 is 0. The van der Waals surface area contributed by atoms with Crippen molar-refractivity contribution >= 4 is 11.9 Å². The summed E-state index contributed by atoms with van der Waals surface area (Å²) in [5, 5.41) is 25.9. The van der Waals surface area contributed by atoms with Crippen LogP contribution in [0.2, 0.25) is 0 Å². The van der Waals surface area contributed by atoms with Gasteiger partial charge in [0.05, 0.1) is 6.61 Å². The average molecular weight is 220 g/mol. The summed E-state index contributed by atoms with van der Waals surface area (Å²) in [5.74, 6) is -2.45. The van der Waals surface area contributed by atoms with E-state index in [1.54, 1.807) is 0 Å². The molecule has 2 unspecified atom stereocenters. The van der Waals surface area contributed by atoms with Crippen LogP contribution < -0.4 is 11.5 Å². The Morgan fingerprint density at radius 3 is 2.20 bits per heavy atom. The van der Waals surface area contributed by atoms with Crippen molar-refractivity contribution in [3.63, 3.8) is 0 Å². The van der Waals surface area contributed by atoms with Crippen LogP contribution in [0.25, 0.3) is 0 Å². The summed E-state index contributed by atoms with van der Waals surface area (Å²) < 4.78 is 0. The van der Waals surface area contributed by atoms with Gasteiger partial charge in [-0.15, -0.1) is 0 Å². The van der Waals surface area contributed by atoms with Gasteiger partial charge in [-0.3, -0.25) is 9.59 Å². The Labute approximate surface area is 86.7 Å². The molecule has 7 N–H and O–H groups in total. The molecule has 88 valence electrons. The predicted octanol–water partition coefficient (Wildman–Crippen LogP) is -1.66. The Morgan fingerprint density at radius 1 is 1.33 bits per heavy atom. The Balaban J connectivity index is 4.03. The van der Waals surface area contributed by atoms with Crippen LogP contribution in [0, 0.1) is 0 Å². The fourth-order valence-corrected chi connectivity index (χ4v) is 1.01. The van der Waals surface area contributed by atoms with E-state index in [0.29, 0.717) is 0 Å². The van der Waals surface area contributed by atoms with E-state index < -0.39 is 30.1 Å². The van der Waals surface area contributed by atoms with Crippen molar-refractivity contribution < 1.29 is 24.9 Å². The van der Waals surface area contributed by atoms with Gasteiger partial charge < -0.3 is 26.8 Å². The van der Waals surface area contributed by atoms with Gasteiger partial charge in [-0.25, -0.2) is 0 Å². The van der Waals surface area contributed by atoms with Gasteiger partial charge in [0, 0.05) is 0 Å². The Hall–Kier alpha value is -1.18. The van der Waals surface area contributed by atoms with Crippen molar-refractivity contribution in [2.75, 3.05) is 6.61 Å². The molecule has 0 aromatic carbocycles. The van der Waals surface area contributed by atoms with E-state index >= 15 is 0 Å². The van der Waals surface area contributed by atoms with Crippen LogP contribution in [0.15, 0.2) is 0 Å². The highest BCUT2D eigenvalue weighted by Crippen LogP contribution is 2.12. The number of carboxylic acids is 2. The third-order valence-electron chi connectivity index (χ3n) is 2.16. The molecule has 0 aliphatic carbocycles. The second-order valence-electron chi connectivity index (χ2n) is 3.46. The summed E-state index contributed by atoms with van der Waals surface area (Å²) in [7, 11) is 0. The van der Waals surface area contributed by atoms with Crippen LogP contribution >= 0.6 is 0 Å². The standard InChI is InChI=1S/C8H16N2O5/c9-5(6(12)13)2-1-3-8(10,4-11)7(14)15/h5,11H,1-4,9-10H2,(H,12,13)(H,14,15). The first kappa shape index (κ1) is 13.8. The summed E-state index contributed by atoms with van der Waals surface area (Å²) in [4.78, 5) is 21.0. The summed E-state index contributed by atoms with van der Waals surface area (Å²) in [5.41, 5.74) is 8.87. The normalized spacial score (nSPS) is 16.7. The number of carboxylic acid groups (broad SMARTS) is 2. The van der Waals surface area contributed by atoms with Crippen LogP contribution in [-0.2, 0) is 9.59 Å². The second-order valence-corrected chi connectivity index (χ2v) is 3.46. The lowest BCUT2D eigenvalue weighted by Crippen LogP contribution is -2.51. The number of aliphatic hydroxyl groups excluding tert-OH is 1. The van der Waals surface area contributed by atoms with E-state index in [0.717, 1.165) is 0 Å². The minimum absolute atomic E-state index is 0.0141. The number of nitrogens with two attached hydrogens (primary N) is 2. The SMILES string of the molecule is NC(CCCC(N)(CO)C(=O)O)C(=O)O. The molecular formula is C8H16N2O5. The van der Waals surface area contributed by atoms with Crippen LogP contribution in [0.1, 0.15) is 19.3 Å². The molecular weight excluding hydrogens is 204 g/mol. The van der Waals surface area contributed by atoms with Gasteiger partial charge in [0.15, 0.2) is 0 Å². The fraction of sp³-hybridized carbons (Fsp3) is 0.750. The van der Waals surface area contributed by atoms with E-state index in [9.17, 15) is 9.59 Å². The van der Waals surface area contributed by atoms with Crippen molar-refractivity contribution in [3.05, 3.63) is 0 Å². The first-order chi connectivity index (χ1) is 6.83. The molecule has 0 saturated heterocycles. The van der Waals surface area contributed by atoms with Gasteiger partial charge in [-0.2, -0.15) is 0 Å². The molecule has 0 amide bonds. The molecule has 0 aliphatic rings. The third kappa shape index (κ3) is 4.24. The topological polar surface area (TPSA) is 147 Å². The quantitative estimate of drug-likeness (QED) is 0.345. The third-order valence-corrected chi connectivity index (χ3v) is 2.16. The molecule has 7 heteroatoms. The summed E-state index contributed by atoms with van der Waals surface area (Å²) in [6.45, 7) is -0.690. The van der Waals surface area contributed by atoms with Gasteiger partial charge in [-0.1, -0.05) is 0 Å². The minimum Gasteiger partial charge on any atom is -0.480 e. The Kier molecular flexibility index (Phi) is 5.20. The molecule has 0 radical (unpaired) electrons. The summed E-state index contributed by atoms with van der Waals surface area (Å²) in [6, 6.07) is -1.03. The zero-order chi connectivity index (χ0) is 12.1. The van der Waals surface area contributed by atoms with Crippen molar-refractivity contribution in [1.29, 1.82) is 0 Å². The predicted molar refractivity (Wildman–Crippen MR) is 51.1 cm³/mol. The second kappa shape index (κ2) is 5.64. The smallest absolute Gasteiger partial charge is 0.326 e. The highest BCUT2D eigenvalue weighted by atomic mass is 16.4. The highest BCUT2D eigenvalue weighted by molar-refractivity contribution is 5.78. The molecule has 0 rings (SSSR count). The number of carbonyl (C=O) groups is 2. The lowest BCUT2D eigenvalue weighted by molar-refractivity contribution is -0.145. The molecule has 0 aliphatic heterocycles. The van der Waals surface area contributed by atoms with E-state index in [2.05, 4.69) is 0 Å². The maximum absolute atomic E-state index is 10.6. The van der Waals surface area contributed by atoms with Crippen molar-refractivity contribution in [2.24, 2.45) is 11.5 Å². The molecule has 2 atom stereocenters. The van der Waals surface area contributed by atoms with Crippen molar-refractivity contribution in [1.82, 2.24) is 0 Å². The van der Waals surface area contributed by atoms with Gasteiger partial charge >= 0.3 is 11.9 Å². The van der Waals surface area contributed by atoms with Crippen LogP contribution in [0.3, 0.4) is 0 Å². The van der Waals surface area contributed by atoms with Gasteiger partial charge in [0.1, 0.15) is 11.6 Å². The van der Waals surface area contributed by atoms with Gasteiger partial charge in [-0.05, 0) is 19.3 Å². The largest absolute Gasteiger partial charge is 0.480 e. The maximum atomic E-state index is 10.6. The molecule has 0 bridgehead atoms. The lowest BCUT2D eigenvalue weighted by atomic mass is 9.94. The van der Waals surface area contributed by atoms with Crippen molar-refractivity contribution in [2.45, 2.75) is 30.8 Å². The number of hydrogen-bond acceptors (Lipinski definition) is 5. The molecule has 0 aromatic heterocycles. The van der Waals surface area contributed by atoms with E-state index in [1.807, 2.05) is 0 Å². The molecule has 7 nitrogen and oxygen atoms in total. The zero-order valence-corrected chi connectivity index (χ0v) is 8.22. The first-order valence-electron chi connectivity index (χ1n) is 4.45. The molecule has 0 spiro atoms. The molecule has 0 saturated carbocycles. The monoisotopic (exact) mass is 220 g/mol. The lowest BCUT2D eigenvalue weighted by Gasteiger charge is -2.21. The Bertz CT molecular complexity index is 245. The van der Waals surface area contributed by atoms with Crippen molar-refractivity contribution in [3.8, 4) is 0 Å². The van der Waals surface area contributed by atoms with Crippen LogP contribution in [0.5, 0.6) is 0 Å². The van der Waals surface area contributed by atoms with E-state index in [-0.39, 0.29) is 19.3 Å². The molecule has 0 heterocycles. The van der Waals surface area contributed by atoms with Gasteiger partial charge in [0.25, 0.3) is 0 Å². The highest BCUT2D eigenvalue weighted by Gasteiger charge is 2.32. The molecule has 0 fully saturated rings. The van der Waals surface area contributed by atoms with E-state index in [4.69, 9.17) is 26.8 Å². The Morgan fingerprint density at radius 2 is 1.87 bits per heavy atom. The molecule has 15 heavy (non-hydrogen) atoms. The fourth-order valence-electron chi connectivity index (χ4n) is 1.01. The van der Waals surface area contributed by atoms with E-state index in [1.165, 1.54) is 0 Å². The average Bonchev–Trinajstić information content (AvgIpc) is 2.16. The number of rotatable bonds is 7. The zero-order valence-electron chi connectivity index (χ0n) is 8.22. The van der Waals surface area contributed by atoms with Gasteiger partial charge in [0.2, 0.25) is 0 Å².